The molecule has 1 atom stereocenters. The van der Waals surface area contributed by atoms with Crippen LogP contribution in [0.4, 0.5) is 5.95 Å². The van der Waals surface area contributed by atoms with Crippen LogP contribution in [-0.4, -0.2) is 39.8 Å². The number of nitrogens with two attached hydrogens (primary N) is 1. The molecule has 1 unspecified atom stereocenters. The fourth-order valence-corrected chi connectivity index (χ4v) is 3.40. The lowest BCUT2D eigenvalue weighted by molar-refractivity contribution is -0.115. The molecule has 1 aromatic heterocycles. The van der Waals surface area contributed by atoms with E-state index in [1.54, 1.807) is 20.1 Å². The summed E-state index contributed by atoms with van der Waals surface area (Å²) in [5.41, 5.74) is 7.32. The Bertz CT molecular complexity index is 863. The lowest BCUT2D eigenvalue weighted by Crippen LogP contribution is -2.31. The highest BCUT2D eigenvalue weighted by Crippen LogP contribution is 2.42. The summed E-state index contributed by atoms with van der Waals surface area (Å²) in [5, 5.41) is 14.6. The molecule has 1 aromatic carbocycles. The number of tetrazole rings is 1. The number of fused-ring (bicyclic) bond motifs is 1. The third-order valence-electron chi connectivity index (χ3n) is 3.84. The van der Waals surface area contributed by atoms with Crippen LogP contribution in [0.15, 0.2) is 27.9 Å². The number of ether oxygens (including phenoxy) is 2. The molecule has 132 valence electrons. The number of hydrogen-bond donors (Lipinski definition) is 2. The lowest BCUT2D eigenvalue weighted by atomic mass is 9.95. The summed E-state index contributed by atoms with van der Waals surface area (Å²) in [6, 6.07) is 3.04. The van der Waals surface area contributed by atoms with E-state index in [0.29, 0.717) is 39.8 Å². The first-order valence-corrected chi connectivity index (χ1v) is 8.32. The third-order valence-corrected chi connectivity index (χ3v) is 4.42. The van der Waals surface area contributed by atoms with Crippen molar-refractivity contribution in [2.75, 3.05) is 19.0 Å². The molecule has 0 saturated heterocycles. The van der Waals surface area contributed by atoms with Crippen molar-refractivity contribution in [2.45, 2.75) is 19.9 Å². The monoisotopic (exact) mass is 408 g/mol. The van der Waals surface area contributed by atoms with Gasteiger partial charge in [-0.2, -0.15) is 4.68 Å². The lowest BCUT2D eigenvalue weighted by Gasteiger charge is -2.27. The molecule has 2 heterocycles. The fraction of sp³-hybridized carbons (Fsp3) is 0.333. The Hall–Kier alpha value is -2.62. The molecule has 2 aromatic rings. The van der Waals surface area contributed by atoms with Crippen molar-refractivity contribution in [2.24, 2.45) is 5.73 Å². The number of nitrogens with zero attached hydrogens (tertiary/aromatic N) is 4. The van der Waals surface area contributed by atoms with E-state index in [2.05, 4.69) is 36.8 Å². The second-order valence-corrected chi connectivity index (χ2v) is 6.20. The number of aromatic nitrogens is 4. The Kier molecular flexibility index (Phi) is 4.62. The minimum atomic E-state index is -0.579. The van der Waals surface area contributed by atoms with Gasteiger partial charge in [0.2, 0.25) is 11.9 Å². The number of carbonyl (C=O) groups excluding carboxylic acids is 1. The number of amides is 1. The molecule has 3 N–H and O–H groups in total. The molecule has 25 heavy (non-hydrogen) atoms. The summed E-state index contributed by atoms with van der Waals surface area (Å²) < 4.78 is 13.3. The molecular formula is C15H17BrN6O3. The first-order chi connectivity index (χ1) is 12.0. The molecule has 1 aliphatic rings. The summed E-state index contributed by atoms with van der Waals surface area (Å²) in [4.78, 5) is 12.1. The second-order valence-electron chi connectivity index (χ2n) is 5.34. The van der Waals surface area contributed by atoms with E-state index >= 15 is 0 Å². The zero-order valence-electron chi connectivity index (χ0n) is 13.9. The minimum Gasteiger partial charge on any atom is -0.493 e. The van der Waals surface area contributed by atoms with Gasteiger partial charge >= 0.3 is 0 Å². The molecule has 1 aliphatic heterocycles. The van der Waals surface area contributed by atoms with E-state index in [0.717, 1.165) is 5.56 Å². The molecule has 0 aliphatic carbocycles. The maximum Gasteiger partial charge on any atom is 0.248 e. The van der Waals surface area contributed by atoms with Crippen LogP contribution < -0.4 is 20.5 Å². The van der Waals surface area contributed by atoms with Gasteiger partial charge in [0.25, 0.3) is 0 Å². The van der Waals surface area contributed by atoms with E-state index in [4.69, 9.17) is 15.2 Å². The van der Waals surface area contributed by atoms with Crippen LogP contribution in [-0.2, 0) is 4.79 Å². The highest BCUT2D eigenvalue weighted by Gasteiger charge is 2.34. The van der Waals surface area contributed by atoms with Gasteiger partial charge in [0.15, 0.2) is 11.5 Å². The molecule has 9 nitrogen and oxygen atoms in total. The van der Waals surface area contributed by atoms with Crippen molar-refractivity contribution in [3.05, 3.63) is 33.4 Å². The smallest absolute Gasteiger partial charge is 0.248 e. The number of halogens is 1. The number of nitrogens with one attached hydrogen (secondary N) is 1. The molecular weight excluding hydrogens is 392 g/mol. The predicted molar refractivity (Wildman–Crippen MR) is 93.3 cm³/mol. The Morgan fingerprint density at radius 1 is 1.48 bits per heavy atom. The van der Waals surface area contributed by atoms with Gasteiger partial charge in [0.1, 0.15) is 6.04 Å². The summed E-state index contributed by atoms with van der Waals surface area (Å²) >= 11 is 3.50. The van der Waals surface area contributed by atoms with Gasteiger partial charge in [-0.05, 0) is 57.9 Å². The van der Waals surface area contributed by atoms with Crippen molar-refractivity contribution in [3.8, 4) is 11.5 Å². The Balaban J connectivity index is 2.20. The number of anilines is 1. The highest BCUT2D eigenvalue weighted by atomic mass is 79.9. The van der Waals surface area contributed by atoms with Crippen LogP contribution in [0.25, 0.3) is 0 Å². The molecule has 3 rings (SSSR count). The SMILES string of the molecule is CCOc1c(Br)cc(C2C(C(N)=O)=C(C)Nc3nnnn32)cc1OC. The molecule has 0 fully saturated rings. The largest absolute Gasteiger partial charge is 0.493 e. The number of benzene rings is 1. The van der Waals surface area contributed by atoms with Gasteiger partial charge in [0.05, 0.1) is 23.8 Å². The average Bonchev–Trinajstić information content (AvgIpc) is 3.02. The standard InChI is InChI=1S/C15H17BrN6O3/c1-4-25-13-9(16)5-8(6-10(13)24-3)12-11(14(17)23)7(2)18-15-19-20-21-22(12)15/h5-6,12H,4H2,1-3H3,(H2,17,23)(H,18,19,21). The van der Waals surface area contributed by atoms with E-state index in [-0.39, 0.29) is 0 Å². The van der Waals surface area contributed by atoms with Gasteiger partial charge in [-0.15, -0.1) is 0 Å². The van der Waals surface area contributed by atoms with E-state index < -0.39 is 11.9 Å². The summed E-state index contributed by atoms with van der Waals surface area (Å²) in [5.74, 6) is 0.985. The van der Waals surface area contributed by atoms with Crippen molar-refractivity contribution >= 4 is 27.8 Å². The summed E-state index contributed by atoms with van der Waals surface area (Å²) in [7, 11) is 1.55. The van der Waals surface area contributed by atoms with Crippen molar-refractivity contribution < 1.29 is 14.3 Å². The quantitative estimate of drug-likeness (QED) is 0.771. The number of carbonyl (C=O) groups is 1. The van der Waals surface area contributed by atoms with Crippen LogP contribution in [0.1, 0.15) is 25.5 Å². The Morgan fingerprint density at radius 3 is 2.88 bits per heavy atom. The maximum atomic E-state index is 12.1. The summed E-state index contributed by atoms with van der Waals surface area (Å²) in [6.45, 7) is 4.13. The van der Waals surface area contributed by atoms with E-state index in [1.165, 1.54) is 4.68 Å². The molecule has 0 saturated carbocycles. The Morgan fingerprint density at radius 2 is 2.24 bits per heavy atom. The van der Waals surface area contributed by atoms with Crippen LogP contribution in [0.3, 0.4) is 0 Å². The predicted octanol–water partition coefficient (Wildman–Crippen LogP) is 1.62. The van der Waals surface area contributed by atoms with Crippen LogP contribution >= 0.6 is 15.9 Å². The van der Waals surface area contributed by atoms with Crippen LogP contribution in [0, 0.1) is 0 Å². The normalized spacial score (nSPS) is 16.2. The van der Waals surface area contributed by atoms with Gasteiger partial charge in [-0.1, -0.05) is 5.10 Å². The molecule has 0 bridgehead atoms. The zero-order chi connectivity index (χ0) is 18.1. The zero-order valence-corrected chi connectivity index (χ0v) is 15.5. The van der Waals surface area contributed by atoms with Crippen molar-refractivity contribution in [1.29, 1.82) is 0 Å². The van der Waals surface area contributed by atoms with Gasteiger partial charge < -0.3 is 20.5 Å². The van der Waals surface area contributed by atoms with Gasteiger partial charge in [0, 0.05) is 5.70 Å². The Labute approximate surface area is 152 Å². The maximum absolute atomic E-state index is 12.1. The molecule has 0 spiro atoms. The summed E-state index contributed by atoms with van der Waals surface area (Å²) in [6.07, 6.45) is 0. The first kappa shape index (κ1) is 17.2. The first-order valence-electron chi connectivity index (χ1n) is 7.53. The third kappa shape index (κ3) is 2.93. The van der Waals surface area contributed by atoms with Crippen molar-refractivity contribution in [1.82, 2.24) is 20.2 Å². The number of methoxy groups -OCH3 is 1. The van der Waals surface area contributed by atoms with Gasteiger partial charge in [-0.3, -0.25) is 4.79 Å². The van der Waals surface area contributed by atoms with E-state index in [1.807, 2.05) is 13.0 Å². The number of hydrogen-bond acceptors (Lipinski definition) is 7. The molecule has 1 amide bonds. The highest BCUT2D eigenvalue weighted by molar-refractivity contribution is 9.10. The number of primary amides is 1. The number of allylic oxidation sites excluding steroid dienone is 1. The van der Waals surface area contributed by atoms with Gasteiger partial charge in [-0.25, -0.2) is 0 Å². The minimum absolute atomic E-state index is 0.373. The van der Waals surface area contributed by atoms with Crippen molar-refractivity contribution in [3.63, 3.8) is 0 Å². The fourth-order valence-electron chi connectivity index (χ4n) is 2.82. The average molecular weight is 409 g/mol. The molecule has 0 radical (unpaired) electrons. The van der Waals surface area contributed by atoms with E-state index in [9.17, 15) is 4.79 Å². The topological polar surface area (TPSA) is 117 Å². The molecule has 10 heteroatoms. The van der Waals surface area contributed by atoms with Crippen LogP contribution in [0.5, 0.6) is 11.5 Å². The van der Waals surface area contributed by atoms with Crippen LogP contribution in [0.2, 0.25) is 0 Å². The second kappa shape index (κ2) is 6.71. The number of rotatable bonds is 5.